The third-order valence-corrected chi connectivity index (χ3v) is 5.84. The zero-order valence-electron chi connectivity index (χ0n) is 20.1. The van der Waals surface area contributed by atoms with Crippen molar-refractivity contribution in [3.05, 3.63) is 51.3 Å². The van der Waals surface area contributed by atoms with Crippen LogP contribution < -0.4 is 14.8 Å². The zero-order chi connectivity index (χ0) is 28.0. The molecule has 4 N–H and O–H groups in total. The number of aromatic nitrogens is 4. The van der Waals surface area contributed by atoms with E-state index in [9.17, 15) is 33.0 Å². The summed E-state index contributed by atoms with van der Waals surface area (Å²) in [5.74, 6) is -1.72. The largest absolute Gasteiger partial charge is 0.507 e. The first kappa shape index (κ1) is 28.8. The number of nitrogens with zero attached hydrogens (tertiary/aromatic N) is 3. The Morgan fingerprint density at radius 3 is 2.47 bits per heavy atom. The number of tetrazole rings is 1. The van der Waals surface area contributed by atoms with Crippen LogP contribution >= 0.6 is 15.9 Å². The average Bonchev–Trinajstić information content (AvgIpc) is 3.37. The maximum atomic E-state index is 12.8. The second-order valence-corrected chi connectivity index (χ2v) is 9.03. The molecular weight excluding hydrogens is 579 g/mol. The fourth-order valence-electron chi connectivity index (χ4n) is 3.30. The number of aliphatic hydroxyl groups is 1. The van der Waals surface area contributed by atoms with Crippen molar-refractivity contribution in [3.8, 4) is 17.2 Å². The van der Waals surface area contributed by atoms with E-state index >= 15 is 0 Å². The number of rotatable bonds is 11. The van der Waals surface area contributed by atoms with Crippen molar-refractivity contribution in [2.45, 2.75) is 39.0 Å². The topological polar surface area (TPSA) is 160 Å². The maximum Gasteiger partial charge on any atom is 0.389 e. The minimum atomic E-state index is -4.49. The molecule has 0 fully saturated rings. The predicted octanol–water partition coefficient (Wildman–Crippen LogP) is 3.74. The number of aromatic hydroxyl groups is 1. The molecule has 0 radical (unpaired) electrons. The molecule has 0 spiro atoms. The highest BCUT2D eigenvalue weighted by Gasteiger charge is 2.29. The van der Waals surface area contributed by atoms with Gasteiger partial charge in [-0.2, -0.15) is 18.4 Å². The monoisotopic (exact) mass is 601 g/mol. The van der Waals surface area contributed by atoms with Crippen molar-refractivity contribution < 1.29 is 42.4 Å². The molecule has 3 rings (SSSR count). The first-order valence-corrected chi connectivity index (χ1v) is 11.9. The van der Waals surface area contributed by atoms with Crippen LogP contribution in [0.1, 0.15) is 45.4 Å². The smallest absolute Gasteiger partial charge is 0.389 e. The number of Topliss-reactive ketones (excluding diaryl/α,β-unsaturated/α-hetero) is 1. The lowest BCUT2D eigenvalue weighted by atomic mass is 10.0. The summed E-state index contributed by atoms with van der Waals surface area (Å²) in [5, 5.41) is 36.0. The molecular formula is C23H23BrF3N5O6. The summed E-state index contributed by atoms with van der Waals surface area (Å²) in [6, 6.07) is 5.70. The lowest BCUT2D eigenvalue weighted by molar-refractivity contribution is -0.134. The number of halogens is 4. The first-order valence-electron chi connectivity index (χ1n) is 11.1. The highest BCUT2D eigenvalue weighted by molar-refractivity contribution is 9.10. The molecule has 2 aromatic carbocycles. The number of carbonyl (C=O) groups excluding carboxylic acids is 2. The van der Waals surface area contributed by atoms with Gasteiger partial charge in [0.1, 0.15) is 36.6 Å². The SMILES string of the molecule is CC(=O)c1ccc(OCC(O)COc2cc(NC(=O)c3nn[nH]n3)c(C)cc2Br)c(CCC(F)(F)F)c1O. The third kappa shape index (κ3) is 7.64. The molecule has 1 heterocycles. The van der Waals surface area contributed by atoms with Crippen molar-refractivity contribution >= 4 is 33.3 Å². The minimum Gasteiger partial charge on any atom is -0.507 e. The summed E-state index contributed by atoms with van der Waals surface area (Å²) in [4.78, 5) is 23.9. The maximum absolute atomic E-state index is 12.8. The van der Waals surface area contributed by atoms with Crippen molar-refractivity contribution in [2.24, 2.45) is 0 Å². The normalized spacial score (nSPS) is 12.2. The second-order valence-electron chi connectivity index (χ2n) is 8.17. The van der Waals surface area contributed by atoms with Crippen molar-refractivity contribution in [1.82, 2.24) is 20.6 Å². The summed E-state index contributed by atoms with van der Waals surface area (Å²) in [7, 11) is 0. The number of aromatic amines is 1. The van der Waals surface area contributed by atoms with Crippen molar-refractivity contribution in [3.63, 3.8) is 0 Å². The molecule has 38 heavy (non-hydrogen) atoms. The molecule has 1 aromatic heterocycles. The van der Waals surface area contributed by atoms with Gasteiger partial charge in [-0.3, -0.25) is 9.59 Å². The number of nitrogens with one attached hydrogen (secondary N) is 2. The molecule has 1 amide bonds. The van der Waals surface area contributed by atoms with E-state index in [4.69, 9.17) is 9.47 Å². The van der Waals surface area contributed by atoms with Gasteiger partial charge < -0.3 is 25.0 Å². The lowest BCUT2D eigenvalue weighted by Gasteiger charge is -2.19. The van der Waals surface area contributed by atoms with Crippen LogP contribution in [0.2, 0.25) is 0 Å². The van der Waals surface area contributed by atoms with Gasteiger partial charge in [0.25, 0.3) is 11.7 Å². The number of phenols is 1. The number of aryl methyl sites for hydroxylation is 1. The summed E-state index contributed by atoms with van der Waals surface area (Å²) < 4.78 is 50.0. The number of benzene rings is 2. The van der Waals surface area contributed by atoms with Crippen LogP contribution in [-0.4, -0.2) is 68.0 Å². The molecule has 0 bridgehead atoms. The summed E-state index contributed by atoms with van der Waals surface area (Å²) in [6.07, 6.45) is -7.58. The fraction of sp³-hybridized carbons (Fsp3) is 0.348. The number of hydrogen-bond donors (Lipinski definition) is 4. The molecule has 0 aliphatic carbocycles. The number of H-pyrrole nitrogens is 1. The zero-order valence-corrected chi connectivity index (χ0v) is 21.7. The van der Waals surface area contributed by atoms with Gasteiger partial charge in [0.2, 0.25) is 0 Å². The van der Waals surface area contributed by atoms with E-state index in [1.807, 2.05) is 0 Å². The number of carbonyl (C=O) groups is 2. The Balaban J connectivity index is 1.66. The molecule has 1 atom stereocenters. The van der Waals surface area contributed by atoms with Gasteiger partial charge in [0.05, 0.1) is 10.0 Å². The van der Waals surface area contributed by atoms with Gasteiger partial charge in [-0.1, -0.05) is 0 Å². The molecule has 204 valence electrons. The first-order chi connectivity index (χ1) is 17.9. The summed E-state index contributed by atoms with van der Waals surface area (Å²) in [6.45, 7) is 2.25. The minimum absolute atomic E-state index is 0.0984. The molecule has 3 aromatic rings. The number of phenolic OH excluding ortho intramolecular Hbond substituents is 1. The average molecular weight is 602 g/mol. The highest BCUT2D eigenvalue weighted by atomic mass is 79.9. The van der Waals surface area contributed by atoms with E-state index in [-0.39, 0.29) is 41.7 Å². The number of hydrogen-bond acceptors (Lipinski definition) is 9. The van der Waals surface area contributed by atoms with E-state index in [0.717, 1.165) is 0 Å². The fourth-order valence-corrected chi connectivity index (χ4v) is 3.87. The van der Waals surface area contributed by atoms with E-state index in [2.05, 4.69) is 41.9 Å². The molecule has 1 unspecified atom stereocenters. The molecule has 0 saturated heterocycles. The van der Waals surface area contributed by atoms with Crippen molar-refractivity contribution in [1.29, 1.82) is 0 Å². The van der Waals surface area contributed by atoms with Crippen LogP contribution in [0.15, 0.2) is 28.7 Å². The summed E-state index contributed by atoms with van der Waals surface area (Å²) >= 11 is 3.34. The van der Waals surface area contributed by atoms with Gasteiger partial charge in [-0.05, 0) is 65.2 Å². The Hall–Kier alpha value is -3.72. The van der Waals surface area contributed by atoms with Crippen LogP contribution in [0.5, 0.6) is 17.2 Å². The number of ketones is 1. The standard InChI is InChI=1S/C23H23BrF3N5O6/c1-11-7-16(24)19(8-17(11)28-22(36)21-29-31-32-30-21)38-10-13(34)9-37-18-4-3-14(12(2)33)20(35)15(18)5-6-23(25,26)27/h3-4,7-8,13,34-35H,5-6,9-10H2,1-2H3,(H,28,36)(H,29,30,31,32). The number of amides is 1. The Morgan fingerprint density at radius 1 is 1.18 bits per heavy atom. The Bertz CT molecular complexity index is 1300. The van der Waals surface area contributed by atoms with Gasteiger partial charge in [0.15, 0.2) is 5.78 Å². The lowest BCUT2D eigenvalue weighted by Crippen LogP contribution is -2.25. The van der Waals surface area contributed by atoms with Crippen LogP contribution in [0.3, 0.4) is 0 Å². The quantitative estimate of drug-likeness (QED) is 0.240. The molecule has 0 saturated carbocycles. The Morgan fingerprint density at radius 2 is 1.87 bits per heavy atom. The molecule has 0 aliphatic rings. The van der Waals surface area contributed by atoms with Gasteiger partial charge in [0, 0.05) is 23.7 Å². The van der Waals surface area contributed by atoms with Crippen LogP contribution in [-0.2, 0) is 6.42 Å². The predicted molar refractivity (Wildman–Crippen MR) is 130 cm³/mol. The molecule has 11 nitrogen and oxygen atoms in total. The van der Waals surface area contributed by atoms with E-state index in [1.54, 1.807) is 13.0 Å². The Labute approximate surface area is 222 Å². The van der Waals surface area contributed by atoms with Gasteiger partial charge in [-0.15, -0.1) is 10.2 Å². The third-order valence-electron chi connectivity index (χ3n) is 5.22. The van der Waals surface area contributed by atoms with Crippen LogP contribution in [0, 0.1) is 6.92 Å². The van der Waals surface area contributed by atoms with E-state index in [1.165, 1.54) is 25.1 Å². The second kappa shape index (κ2) is 12.2. The van der Waals surface area contributed by atoms with Crippen LogP contribution in [0.25, 0.3) is 0 Å². The Kier molecular flexibility index (Phi) is 9.27. The summed E-state index contributed by atoms with van der Waals surface area (Å²) in [5.41, 5.74) is 0.750. The number of ether oxygens (including phenoxy) is 2. The number of anilines is 1. The van der Waals surface area contributed by atoms with Gasteiger partial charge >= 0.3 is 6.18 Å². The molecule has 15 heteroatoms. The highest BCUT2D eigenvalue weighted by Crippen LogP contribution is 2.36. The van der Waals surface area contributed by atoms with Gasteiger partial charge in [-0.25, -0.2) is 0 Å². The van der Waals surface area contributed by atoms with E-state index in [0.29, 0.717) is 15.7 Å². The van der Waals surface area contributed by atoms with Crippen molar-refractivity contribution in [2.75, 3.05) is 18.5 Å². The van der Waals surface area contributed by atoms with Crippen LogP contribution in [0.4, 0.5) is 18.9 Å². The van der Waals surface area contributed by atoms with E-state index < -0.39 is 42.6 Å². The number of alkyl halides is 3. The number of aliphatic hydroxyl groups excluding tert-OH is 1. The molecule has 0 aliphatic heterocycles.